The fraction of sp³-hybridized carbons (Fsp3) is 0.500. The molecular weight excluding hydrogens is 230 g/mol. The first-order valence-corrected chi connectivity index (χ1v) is 6.23. The standard InChI is InChI=1S/C14H21NO3/c1-10(13(16)9-14(17)18)3-2-4-11-5-7-12(15)8-6-11/h5-8,10,13,16H,2-4,9,15H2,1H3,(H,17,18). The van der Waals surface area contributed by atoms with Gasteiger partial charge in [-0.3, -0.25) is 4.79 Å². The molecule has 1 rings (SSSR count). The zero-order valence-electron chi connectivity index (χ0n) is 10.7. The van der Waals surface area contributed by atoms with Crippen LogP contribution in [0.15, 0.2) is 24.3 Å². The molecule has 0 bridgehead atoms. The predicted molar refractivity (Wildman–Crippen MR) is 71.2 cm³/mol. The number of anilines is 1. The topological polar surface area (TPSA) is 83.5 Å². The number of hydrogen-bond donors (Lipinski definition) is 3. The van der Waals surface area contributed by atoms with Crippen molar-refractivity contribution in [2.45, 2.75) is 38.7 Å². The van der Waals surface area contributed by atoms with Gasteiger partial charge in [0.25, 0.3) is 0 Å². The maximum absolute atomic E-state index is 10.5. The third-order valence-electron chi connectivity index (χ3n) is 3.15. The summed E-state index contributed by atoms with van der Waals surface area (Å²) in [7, 11) is 0. The average molecular weight is 251 g/mol. The lowest BCUT2D eigenvalue weighted by atomic mass is 9.94. The number of nitrogen functional groups attached to an aromatic ring is 1. The number of carboxylic acid groups (broad SMARTS) is 1. The molecule has 2 unspecified atom stereocenters. The third kappa shape index (κ3) is 5.19. The van der Waals surface area contributed by atoms with E-state index in [4.69, 9.17) is 10.8 Å². The first-order chi connectivity index (χ1) is 8.49. The van der Waals surface area contributed by atoms with E-state index in [1.54, 1.807) is 0 Å². The molecule has 1 aromatic carbocycles. The largest absolute Gasteiger partial charge is 0.481 e. The van der Waals surface area contributed by atoms with Gasteiger partial charge in [0, 0.05) is 5.69 Å². The molecule has 0 saturated carbocycles. The molecule has 0 aliphatic carbocycles. The Balaban J connectivity index is 2.28. The Morgan fingerprint density at radius 3 is 2.50 bits per heavy atom. The van der Waals surface area contributed by atoms with E-state index in [1.165, 1.54) is 5.56 Å². The molecule has 0 spiro atoms. The van der Waals surface area contributed by atoms with Gasteiger partial charge in [-0.2, -0.15) is 0 Å². The van der Waals surface area contributed by atoms with Crippen molar-refractivity contribution < 1.29 is 15.0 Å². The van der Waals surface area contributed by atoms with Gasteiger partial charge < -0.3 is 15.9 Å². The summed E-state index contributed by atoms with van der Waals surface area (Å²) in [6, 6.07) is 7.73. The molecule has 0 aliphatic heterocycles. The molecule has 1 aromatic rings. The Morgan fingerprint density at radius 1 is 1.33 bits per heavy atom. The van der Waals surface area contributed by atoms with E-state index in [0.29, 0.717) is 0 Å². The number of rotatable bonds is 7. The van der Waals surface area contributed by atoms with Crippen LogP contribution >= 0.6 is 0 Å². The molecule has 0 radical (unpaired) electrons. The van der Waals surface area contributed by atoms with Crippen LogP contribution < -0.4 is 5.73 Å². The fourth-order valence-electron chi connectivity index (χ4n) is 1.88. The van der Waals surface area contributed by atoms with Crippen molar-refractivity contribution in [3.8, 4) is 0 Å². The van der Waals surface area contributed by atoms with Crippen LogP contribution in [-0.2, 0) is 11.2 Å². The lowest BCUT2D eigenvalue weighted by molar-refractivity contribution is -0.139. The number of carbonyl (C=O) groups is 1. The van der Waals surface area contributed by atoms with Gasteiger partial charge >= 0.3 is 5.97 Å². The van der Waals surface area contributed by atoms with Crippen LogP contribution in [0.3, 0.4) is 0 Å². The molecule has 4 nitrogen and oxygen atoms in total. The lowest BCUT2D eigenvalue weighted by Crippen LogP contribution is -2.21. The number of aliphatic hydroxyl groups is 1. The first-order valence-electron chi connectivity index (χ1n) is 6.23. The highest BCUT2D eigenvalue weighted by atomic mass is 16.4. The molecule has 2 atom stereocenters. The van der Waals surface area contributed by atoms with E-state index in [2.05, 4.69) is 0 Å². The van der Waals surface area contributed by atoms with Gasteiger partial charge in [0.2, 0.25) is 0 Å². The molecular formula is C14H21NO3. The molecule has 0 fully saturated rings. The maximum atomic E-state index is 10.5. The van der Waals surface area contributed by atoms with Crippen molar-refractivity contribution in [2.75, 3.05) is 5.73 Å². The number of carboxylic acids is 1. The zero-order valence-corrected chi connectivity index (χ0v) is 10.7. The quantitative estimate of drug-likeness (QED) is 0.648. The fourth-order valence-corrected chi connectivity index (χ4v) is 1.88. The Bertz CT molecular complexity index is 375. The smallest absolute Gasteiger partial charge is 0.305 e. The molecule has 0 aliphatic rings. The summed E-state index contributed by atoms with van der Waals surface area (Å²) in [6.45, 7) is 1.89. The monoisotopic (exact) mass is 251 g/mol. The van der Waals surface area contributed by atoms with Crippen molar-refractivity contribution in [1.82, 2.24) is 0 Å². The second-order valence-corrected chi connectivity index (χ2v) is 4.78. The minimum atomic E-state index is -0.951. The molecule has 4 N–H and O–H groups in total. The number of aryl methyl sites for hydroxylation is 1. The summed E-state index contributed by atoms with van der Waals surface area (Å²) in [4.78, 5) is 10.5. The van der Waals surface area contributed by atoms with Gasteiger partial charge in [-0.25, -0.2) is 0 Å². The number of aliphatic carboxylic acids is 1. The highest BCUT2D eigenvalue weighted by Gasteiger charge is 2.16. The average Bonchev–Trinajstić information content (AvgIpc) is 2.30. The van der Waals surface area contributed by atoms with Crippen molar-refractivity contribution in [3.05, 3.63) is 29.8 Å². The summed E-state index contributed by atoms with van der Waals surface area (Å²) in [6.07, 6.45) is 1.74. The number of nitrogens with two attached hydrogens (primary N) is 1. The number of benzene rings is 1. The molecule has 4 heteroatoms. The number of hydrogen-bond acceptors (Lipinski definition) is 3. The van der Waals surface area contributed by atoms with E-state index >= 15 is 0 Å². The highest BCUT2D eigenvalue weighted by molar-refractivity contribution is 5.67. The van der Waals surface area contributed by atoms with E-state index in [0.717, 1.165) is 24.9 Å². The van der Waals surface area contributed by atoms with Gasteiger partial charge in [-0.05, 0) is 42.9 Å². The highest BCUT2D eigenvalue weighted by Crippen LogP contribution is 2.16. The van der Waals surface area contributed by atoms with Gasteiger partial charge in [0.15, 0.2) is 0 Å². The first kappa shape index (κ1) is 14.5. The van der Waals surface area contributed by atoms with E-state index in [9.17, 15) is 9.90 Å². The van der Waals surface area contributed by atoms with Gasteiger partial charge in [-0.1, -0.05) is 19.1 Å². The predicted octanol–water partition coefficient (Wildman–Crippen LogP) is 2.06. The van der Waals surface area contributed by atoms with Crippen molar-refractivity contribution in [3.63, 3.8) is 0 Å². The van der Waals surface area contributed by atoms with Crippen molar-refractivity contribution in [2.24, 2.45) is 5.92 Å². The zero-order chi connectivity index (χ0) is 13.5. The van der Waals surface area contributed by atoms with Gasteiger partial charge in [-0.15, -0.1) is 0 Å². The second-order valence-electron chi connectivity index (χ2n) is 4.78. The Kier molecular flexibility index (Phi) is 5.65. The number of aliphatic hydroxyl groups excluding tert-OH is 1. The van der Waals surface area contributed by atoms with Crippen LogP contribution in [0.2, 0.25) is 0 Å². The molecule has 0 amide bonds. The van der Waals surface area contributed by atoms with Crippen LogP contribution in [-0.4, -0.2) is 22.3 Å². The van der Waals surface area contributed by atoms with E-state index in [-0.39, 0.29) is 12.3 Å². The summed E-state index contributed by atoms with van der Waals surface area (Å²) in [5.74, 6) is -0.942. The van der Waals surface area contributed by atoms with Crippen LogP contribution in [0.4, 0.5) is 5.69 Å². The molecule has 0 heterocycles. The Labute approximate surface area is 107 Å². The maximum Gasteiger partial charge on any atom is 0.305 e. The van der Waals surface area contributed by atoms with Crippen molar-refractivity contribution >= 4 is 11.7 Å². The minimum absolute atomic E-state index is 0.00915. The SMILES string of the molecule is CC(CCCc1ccc(N)cc1)C(O)CC(=O)O. The normalized spacial score (nSPS) is 14.1. The van der Waals surface area contributed by atoms with Crippen LogP contribution in [0.5, 0.6) is 0 Å². The molecule has 100 valence electrons. The Morgan fingerprint density at radius 2 is 1.94 bits per heavy atom. The molecule has 18 heavy (non-hydrogen) atoms. The minimum Gasteiger partial charge on any atom is -0.481 e. The summed E-state index contributed by atoms with van der Waals surface area (Å²) >= 11 is 0. The van der Waals surface area contributed by atoms with Gasteiger partial charge in [0.1, 0.15) is 0 Å². The summed E-state index contributed by atoms with van der Waals surface area (Å²) < 4.78 is 0. The summed E-state index contributed by atoms with van der Waals surface area (Å²) in [5.41, 5.74) is 7.57. The van der Waals surface area contributed by atoms with Crippen LogP contribution in [0.25, 0.3) is 0 Å². The van der Waals surface area contributed by atoms with Gasteiger partial charge in [0.05, 0.1) is 12.5 Å². The molecule has 0 aromatic heterocycles. The third-order valence-corrected chi connectivity index (χ3v) is 3.15. The second kappa shape index (κ2) is 7.01. The van der Waals surface area contributed by atoms with Crippen molar-refractivity contribution in [1.29, 1.82) is 0 Å². The van der Waals surface area contributed by atoms with E-state index in [1.807, 2.05) is 31.2 Å². The summed E-state index contributed by atoms with van der Waals surface area (Å²) in [5, 5.41) is 18.2. The molecule has 0 saturated heterocycles. The van der Waals surface area contributed by atoms with E-state index < -0.39 is 12.1 Å². The lowest BCUT2D eigenvalue weighted by Gasteiger charge is -2.16. The van der Waals surface area contributed by atoms with Crippen LogP contribution in [0.1, 0.15) is 31.7 Å². The Hall–Kier alpha value is -1.55. The van der Waals surface area contributed by atoms with Crippen LogP contribution in [0, 0.1) is 5.92 Å².